The highest BCUT2D eigenvalue weighted by molar-refractivity contribution is 7.09. The summed E-state index contributed by atoms with van der Waals surface area (Å²) in [5.74, 6) is 1.36. The first-order chi connectivity index (χ1) is 6.66. The maximum Gasteiger partial charge on any atom is 0.205 e. The van der Waals surface area contributed by atoms with Crippen LogP contribution in [0.2, 0.25) is 0 Å². The lowest BCUT2D eigenvalue weighted by molar-refractivity contribution is 0.751. The Hall–Kier alpha value is -0.680. The van der Waals surface area contributed by atoms with Crippen molar-refractivity contribution >= 4 is 16.7 Å². The molecule has 14 heavy (non-hydrogen) atoms. The second kappa shape index (κ2) is 3.82. The number of aromatic nitrogens is 2. The fourth-order valence-electron chi connectivity index (χ4n) is 1.55. The Balaban J connectivity index is 2.09. The molecule has 1 aromatic rings. The SMILES string of the molecule is CC(C)c1nsc(N2CCC(N)C2)n1. The van der Waals surface area contributed by atoms with Gasteiger partial charge < -0.3 is 10.6 Å². The molecule has 1 saturated heterocycles. The van der Waals surface area contributed by atoms with Crippen LogP contribution >= 0.6 is 11.5 Å². The Morgan fingerprint density at radius 1 is 1.57 bits per heavy atom. The highest BCUT2D eigenvalue weighted by atomic mass is 32.1. The fourth-order valence-corrected chi connectivity index (χ4v) is 2.39. The minimum atomic E-state index is 0.307. The van der Waals surface area contributed by atoms with E-state index in [0.717, 1.165) is 30.5 Å². The average Bonchev–Trinajstić information content (AvgIpc) is 2.70. The van der Waals surface area contributed by atoms with Crippen molar-refractivity contribution in [2.75, 3.05) is 18.0 Å². The standard InChI is InChI=1S/C9H16N4S/c1-6(2)8-11-9(14-12-8)13-4-3-7(10)5-13/h6-7H,3-5,10H2,1-2H3. The summed E-state index contributed by atoms with van der Waals surface area (Å²) in [6.07, 6.45) is 1.07. The van der Waals surface area contributed by atoms with E-state index in [0.29, 0.717) is 12.0 Å². The molecular weight excluding hydrogens is 196 g/mol. The fraction of sp³-hybridized carbons (Fsp3) is 0.778. The first-order valence-corrected chi connectivity index (χ1v) is 5.78. The summed E-state index contributed by atoms with van der Waals surface area (Å²) in [7, 11) is 0. The zero-order valence-corrected chi connectivity index (χ0v) is 9.42. The minimum absolute atomic E-state index is 0.307. The first-order valence-electron chi connectivity index (χ1n) is 5.01. The molecule has 0 amide bonds. The number of rotatable bonds is 2. The first kappa shape index (κ1) is 9.86. The van der Waals surface area contributed by atoms with Crippen molar-refractivity contribution in [1.29, 1.82) is 0 Å². The van der Waals surface area contributed by atoms with Crippen LogP contribution in [0.1, 0.15) is 32.0 Å². The molecule has 2 heterocycles. The van der Waals surface area contributed by atoms with Gasteiger partial charge in [0.15, 0.2) is 0 Å². The third-order valence-corrected chi connectivity index (χ3v) is 3.23. The number of hydrogen-bond donors (Lipinski definition) is 1. The van der Waals surface area contributed by atoms with Gasteiger partial charge in [0.25, 0.3) is 0 Å². The van der Waals surface area contributed by atoms with Gasteiger partial charge in [-0.05, 0) is 6.42 Å². The Morgan fingerprint density at radius 2 is 2.36 bits per heavy atom. The molecule has 0 aromatic carbocycles. The maximum absolute atomic E-state index is 5.84. The second-order valence-corrected chi connectivity index (χ2v) is 4.81. The zero-order chi connectivity index (χ0) is 10.1. The molecule has 0 spiro atoms. The normalized spacial score (nSPS) is 22.3. The van der Waals surface area contributed by atoms with Crippen molar-refractivity contribution in [2.24, 2.45) is 5.73 Å². The van der Waals surface area contributed by atoms with Crippen molar-refractivity contribution in [3.63, 3.8) is 0 Å². The number of nitrogens with zero attached hydrogens (tertiary/aromatic N) is 3. The predicted octanol–water partition coefficient (Wildman–Crippen LogP) is 1.20. The summed E-state index contributed by atoms with van der Waals surface area (Å²) in [4.78, 5) is 6.73. The smallest absolute Gasteiger partial charge is 0.205 e. The van der Waals surface area contributed by atoms with Gasteiger partial charge in [-0.1, -0.05) is 13.8 Å². The molecule has 4 nitrogen and oxygen atoms in total. The lowest BCUT2D eigenvalue weighted by Gasteiger charge is -2.12. The van der Waals surface area contributed by atoms with E-state index in [9.17, 15) is 0 Å². The maximum atomic E-state index is 5.84. The molecule has 1 unspecified atom stereocenters. The molecule has 1 aromatic heterocycles. The molecule has 78 valence electrons. The quantitative estimate of drug-likeness (QED) is 0.800. The Labute approximate surface area is 88.3 Å². The van der Waals surface area contributed by atoms with Gasteiger partial charge in [-0.2, -0.15) is 4.37 Å². The topological polar surface area (TPSA) is 55.0 Å². The molecule has 2 rings (SSSR count). The van der Waals surface area contributed by atoms with Gasteiger partial charge in [0.2, 0.25) is 5.13 Å². The van der Waals surface area contributed by atoms with E-state index in [2.05, 4.69) is 28.1 Å². The molecular formula is C9H16N4S. The summed E-state index contributed by atoms with van der Waals surface area (Å²) in [5, 5.41) is 1.03. The van der Waals surface area contributed by atoms with Gasteiger partial charge in [0.05, 0.1) is 0 Å². The van der Waals surface area contributed by atoms with Gasteiger partial charge in [0, 0.05) is 36.6 Å². The van der Waals surface area contributed by atoms with Crippen LogP contribution in [0.3, 0.4) is 0 Å². The Morgan fingerprint density at radius 3 is 2.86 bits per heavy atom. The van der Waals surface area contributed by atoms with Crippen LogP contribution in [-0.4, -0.2) is 28.5 Å². The molecule has 0 saturated carbocycles. The van der Waals surface area contributed by atoms with Crippen LogP contribution in [0.15, 0.2) is 0 Å². The van der Waals surface area contributed by atoms with Crippen LogP contribution in [0.25, 0.3) is 0 Å². The number of hydrogen-bond acceptors (Lipinski definition) is 5. The molecule has 1 fully saturated rings. The predicted molar refractivity (Wildman–Crippen MR) is 58.8 cm³/mol. The number of anilines is 1. The Bertz CT molecular complexity index is 310. The second-order valence-electron chi connectivity index (χ2n) is 4.08. The summed E-state index contributed by atoms with van der Waals surface area (Å²) in [5.41, 5.74) is 5.84. The molecule has 5 heteroatoms. The lowest BCUT2D eigenvalue weighted by Crippen LogP contribution is -2.26. The summed E-state index contributed by atoms with van der Waals surface area (Å²) < 4.78 is 4.33. The molecule has 2 N–H and O–H groups in total. The van der Waals surface area contributed by atoms with Crippen molar-refractivity contribution < 1.29 is 0 Å². The molecule has 0 radical (unpaired) electrons. The van der Waals surface area contributed by atoms with Gasteiger partial charge in [-0.3, -0.25) is 0 Å². The molecule has 1 aliphatic rings. The molecule has 0 bridgehead atoms. The van der Waals surface area contributed by atoms with E-state index in [-0.39, 0.29) is 0 Å². The third-order valence-electron chi connectivity index (χ3n) is 2.44. The molecule has 1 atom stereocenters. The largest absolute Gasteiger partial charge is 0.345 e. The molecule has 1 aliphatic heterocycles. The summed E-state index contributed by atoms with van der Waals surface area (Å²) >= 11 is 1.49. The van der Waals surface area contributed by atoms with Crippen LogP contribution in [0.5, 0.6) is 0 Å². The highest BCUT2D eigenvalue weighted by Crippen LogP contribution is 2.24. The minimum Gasteiger partial charge on any atom is -0.345 e. The van der Waals surface area contributed by atoms with Crippen molar-refractivity contribution in [2.45, 2.75) is 32.2 Å². The van der Waals surface area contributed by atoms with Crippen LogP contribution in [-0.2, 0) is 0 Å². The number of nitrogens with two attached hydrogens (primary N) is 1. The van der Waals surface area contributed by atoms with E-state index < -0.39 is 0 Å². The van der Waals surface area contributed by atoms with Crippen LogP contribution < -0.4 is 10.6 Å². The van der Waals surface area contributed by atoms with E-state index in [1.807, 2.05) is 0 Å². The highest BCUT2D eigenvalue weighted by Gasteiger charge is 2.22. The van der Waals surface area contributed by atoms with Gasteiger partial charge in [-0.15, -0.1) is 0 Å². The lowest BCUT2D eigenvalue weighted by atomic mass is 10.2. The van der Waals surface area contributed by atoms with Crippen LogP contribution in [0.4, 0.5) is 5.13 Å². The monoisotopic (exact) mass is 212 g/mol. The van der Waals surface area contributed by atoms with Crippen molar-refractivity contribution in [1.82, 2.24) is 9.36 Å². The van der Waals surface area contributed by atoms with Crippen molar-refractivity contribution in [3.05, 3.63) is 5.82 Å². The summed E-state index contributed by atoms with van der Waals surface area (Å²) in [6, 6.07) is 0.307. The average molecular weight is 212 g/mol. The Kier molecular flexibility index (Phi) is 2.69. The third kappa shape index (κ3) is 1.88. The van der Waals surface area contributed by atoms with E-state index in [1.54, 1.807) is 0 Å². The van der Waals surface area contributed by atoms with E-state index >= 15 is 0 Å². The zero-order valence-electron chi connectivity index (χ0n) is 8.60. The van der Waals surface area contributed by atoms with Gasteiger partial charge >= 0.3 is 0 Å². The van der Waals surface area contributed by atoms with E-state index in [4.69, 9.17) is 5.73 Å². The van der Waals surface area contributed by atoms with Crippen LogP contribution in [0, 0.1) is 0 Å². The van der Waals surface area contributed by atoms with Gasteiger partial charge in [-0.25, -0.2) is 4.98 Å². The van der Waals surface area contributed by atoms with Gasteiger partial charge in [0.1, 0.15) is 5.82 Å². The molecule has 0 aliphatic carbocycles. The van der Waals surface area contributed by atoms with E-state index in [1.165, 1.54) is 11.5 Å². The van der Waals surface area contributed by atoms with Crippen molar-refractivity contribution in [3.8, 4) is 0 Å². The summed E-state index contributed by atoms with van der Waals surface area (Å²) in [6.45, 7) is 6.17.